The van der Waals surface area contributed by atoms with E-state index in [-0.39, 0.29) is 10.5 Å². The maximum absolute atomic E-state index is 12.7. The van der Waals surface area contributed by atoms with Crippen LogP contribution in [0.3, 0.4) is 0 Å². The van der Waals surface area contributed by atoms with Crippen molar-refractivity contribution >= 4 is 26.9 Å². The Balaban J connectivity index is 1.88. The number of fused-ring (bicyclic) bond motifs is 1. The van der Waals surface area contributed by atoms with Crippen molar-refractivity contribution in [2.75, 3.05) is 7.11 Å². The number of rotatable bonds is 5. The van der Waals surface area contributed by atoms with Crippen LogP contribution < -0.4 is 15.2 Å². The number of nitrogens with one attached hydrogen (secondary N) is 1. The third kappa shape index (κ3) is 3.81. The standard InChI is InChI=1S/C19H20N2O5S/c1-11-7-8-14(27(20,23)24)10-15(11)19(22)21-12(2)17-9-13-5-4-6-16(25-3)18(13)26-17/h4-10,12H,1-3H3,(H,21,22)(H2,20,23,24). The number of methoxy groups -OCH3 is 1. The number of ether oxygens (including phenoxy) is 1. The molecule has 3 N–H and O–H groups in total. The number of carbonyl (C=O) groups is 1. The lowest BCUT2D eigenvalue weighted by Gasteiger charge is -2.13. The van der Waals surface area contributed by atoms with Gasteiger partial charge in [-0.3, -0.25) is 4.79 Å². The van der Waals surface area contributed by atoms with E-state index in [1.807, 2.05) is 18.2 Å². The molecule has 1 aromatic heterocycles. The maximum Gasteiger partial charge on any atom is 0.252 e. The van der Waals surface area contributed by atoms with E-state index < -0.39 is 22.0 Å². The Morgan fingerprint density at radius 3 is 2.63 bits per heavy atom. The van der Waals surface area contributed by atoms with Gasteiger partial charge in [0.1, 0.15) is 5.76 Å². The van der Waals surface area contributed by atoms with Crippen LogP contribution in [-0.4, -0.2) is 21.4 Å². The highest BCUT2D eigenvalue weighted by atomic mass is 32.2. The lowest BCUT2D eigenvalue weighted by atomic mass is 10.1. The zero-order valence-electron chi connectivity index (χ0n) is 15.1. The van der Waals surface area contributed by atoms with Crippen molar-refractivity contribution in [1.29, 1.82) is 0 Å². The summed E-state index contributed by atoms with van der Waals surface area (Å²) in [5.74, 6) is 0.745. The molecule has 1 atom stereocenters. The molecule has 8 heteroatoms. The smallest absolute Gasteiger partial charge is 0.252 e. The number of hydrogen-bond acceptors (Lipinski definition) is 5. The summed E-state index contributed by atoms with van der Waals surface area (Å²) >= 11 is 0. The van der Waals surface area contributed by atoms with Gasteiger partial charge in [-0.25, -0.2) is 13.6 Å². The van der Waals surface area contributed by atoms with Crippen molar-refractivity contribution in [3.63, 3.8) is 0 Å². The van der Waals surface area contributed by atoms with Crippen LogP contribution in [0.15, 0.2) is 51.8 Å². The summed E-state index contributed by atoms with van der Waals surface area (Å²) in [5.41, 5.74) is 1.48. The van der Waals surface area contributed by atoms with Gasteiger partial charge in [0.2, 0.25) is 10.0 Å². The van der Waals surface area contributed by atoms with E-state index in [0.29, 0.717) is 22.7 Å². The molecule has 0 bridgehead atoms. The predicted molar refractivity (Wildman–Crippen MR) is 101 cm³/mol. The zero-order chi connectivity index (χ0) is 19.8. The number of nitrogens with two attached hydrogens (primary N) is 1. The number of carbonyl (C=O) groups excluding carboxylic acids is 1. The number of aryl methyl sites for hydroxylation is 1. The third-order valence-electron chi connectivity index (χ3n) is 4.30. The molecule has 7 nitrogen and oxygen atoms in total. The molecule has 0 aliphatic carbocycles. The molecule has 0 saturated heterocycles. The molecule has 142 valence electrons. The Morgan fingerprint density at radius 2 is 1.96 bits per heavy atom. The highest BCUT2D eigenvalue weighted by Crippen LogP contribution is 2.31. The molecular weight excluding hydrogens is 368 g/mol. The van der Waals surface area contributed by atoms with Crippen LogP contribution in [0.5, 0.6) is 5.75 Å². The lowest BCUT2D eigenvalue weighted by molar-refractivity contribution is 0.0935. The van der Waals surface area contributed by atoms with E-state index in [1.54, 1.807) is 33.1 Å². The van der Waals surface area contributed by atoms with E-state index >= 15 is 0 Å². The number of para-hydroxylation sites is 1. The second-order valence-corrected chi connectivity index (χ2v) is 7.81. The number of benzene rings is 2. The van der Waals surface area contributed by atoms with Crippen LogP contribution in [0.1, 0.15) is 34.6 Å². The molecule has 0 aliphatic rings. The van der Waals surface area contributed by atoms with Crippen LogP contribution in [0, 0.1) is 6.92 Å². The van der Waals surface area contributed by atoms with Gasteiger partial charge in [-0.2, -0.15) is 0 Å². The van der Waals surface area contributed by atoms with E-state index in [9.17, 15) is 13.2 Å². The molecule has 0 aliphatic heterocycles. The van der Waals surface area contributed by atoms with Gasteiger partial charge in [0.05, 0.1) is 18.0 Å². The Morgan fingerprint density at radius 1 is 1.22 bits per heavy atom. The van der Waals surface area contributed by atoms with Gasteiger partial charge in [-0.1, -0.05) is 18.2 Å². The van der Waals surface area contributed by atoms with Crippen molar-refractivity contribution in [3.05, 3.63) is 59.4 Å². The fourth-order valence-electron chi connectivity index (χ4n) is 2.80. The Kier molecular flexibility index (Phi) is 4.95. The second kappa shape index (κ2) is 7.05. The summed E-state index contributed by atoms with van der Waals surface area (Å²) in [6.45, 7) is 3.50. The van der Waals surface area contributed by atoms with Gasteiger partial charge in [-0.15, -0.1) is 0 Å². The molecule has 0 fully saturated rings. The molecular formula is C19H20N2O5S. The monoisotopic (exact) mass is 388 g/mol. The Labute approximate surface area is 157 Å². The first-order valence-electron chi connectivity index (χ1n) is 8.21. The van der Waals surface area contributed by atoms with Crippen LogP contribution in [-0.2, 0) is 10.0 Å². The second-order valence-electron chi connectivity index (χ2n) is 6.24. The molecule has 1 unspecified atom stereocenters. The van der Waals surface area contributed by atoms with Gasteiger partial charge < -0.3 is 14.5 Å². The normalized spacial score (nSPS) is 12.7. The van der Waals surface area contributed by atoms with Gasteiger partial charge >= 0.3 is 0 Å². The molecule has 0 saturated carbocycles. The molecule has 3 aromatic rings. The number of sulfonamides is 1. The van der Waals surface area contributed by atoms with Gasteiger partial charge in [0.15, 0.2) is 11.3 Å². The van der Waals surface area contributed by atoms with Crippen molar-refractivity contribution in [2.24, 2.45) is 5.14 Å². The SMILES string of the molecule is COc1cccc2cc(C(C)NC(=O)c3cc(S(N)(=O)=O)ccc3C)oc12. The highest BCUT2D eigenvalue weighted by Gasteiger charge is 2.19. The fraction of sp³-hybridized carbons (Fsp3) is 0.211. The van der Waals surface area contributed by atoms with Gasteiger partial charge in [0.25, 0.3) is 5.91 Å². The first kappa shape index (κ1) is 18.9. The minimum atomic E-state index is -3.89. The number of primary sulfonamides is 1. The molecule has 2 aromatic carbocycles. The topological polar surface area (TPSA) is 112 Å². The zero-order valence-corrected chi connectivity index (χ0v) is 16.0. The predicted octanol–water partition coefficient (Wildman–Crippen LogP) is 2.89. The van der Waals surface area contributed by atoms with Crippen molar-refractivity contribution in [2.45, 2.75) is 24.8 Å². The number of furan rings is 1. The highest BCUT2D eigenvalue weighted by molar-refractivity contribution is 7.89. The maximum atomic E-state index is 12.7. The van der Waals surface area contributed by atoms with Crippen LogP contribution in [0.4, 0.5) is 0 Å². The Hall–Kier alpha value is -2.84. The molecule has 3 rings (SSSR count). The average Bonchev–Trinajstić information content (AvgIpc) is 3.05. The number of hydrogen-bond donors (Lipinski definition) is 2. The van der Waals surface area contributed by atoms with Gasteiger partial charge in [-0.05, 0) is 43.7 Å². The Bertz CT molecular complexity index is 1120. The lowest BCUT2D eigenvalue weighted by Crippen LogP contribution is -2.27. The van der Waals surface area contributed by atoms with E-state index in [2.05, 4.69) is 5.32 Å². The molecule has 1 heterocycles. The minimum absolute atomic E-state index is 0.112. The summed E-state index contributed by atoms with van der Waals surface area (Å²) in [7, 11) is -2.33. The van der Waals surface area contributed by atoms with Gasteiger partial charge in [0, 0.05) is 10.9 Å². The van der Waals surface area contributed by atoms with Crippen molar-refractivity contribution in [1.82, 2.24) is 5.32 Å². The summed E-state index contributed by atoms with van der Waals surface area (Å²) in [4.78, 5) is 12.5. The molecule has 27 heavy (non-hydrogen) atoms. The third-order valence-corrected chi connectivity index (χ3v) is 5.21. The van der Waals surface area contributed by atoms with Crippen LogP contribution in [0.25, 0.3) is 11.0 Å². The van der Waals surface area contributed by atoms with E-state index in [1.165, 1.54) is 12.1 Å². The van der Waals surface area contributed by atoms with Crippen molar-refractivity contribution < 1.29 is 22.4 Å². The van der Waals surface area contributed by atoms with E-state index in [4.69, 9.17) is 14.3 Å². The quantitative estimate of drug-likeness (QED) is 0.698. The summed E-state index contributed by atoms with van der Waals surface area (Å²) in [6.07, 6.45) is 0. The fourth-order valence-corrected chi connectivity index (χ4v) is 3.34. The average molecular weight is 388 g/mol. The first-order valence-corrected chi connectivity index (χ1v) is 9.76. The summed E-state index contributed by atoms with van der Waals surface area (Å²) < 4.78 is 34.2. The van der Waals surface area contributed by atoms with Crippen LogP contribution in [0.2, 0.25) is 0 Å². The number of amides is 1. The first-order chi connectivity index (χ1) is 12.7. The van der Waals surface area contributed by atoms with E-state index in [0.717, 1.165) is 5.39 Å². The van der Waals surface area contributed by atoms with Crippen LogP contribution >= 0.6 is 0 Å². The summed E-state index contributed by atoms with van der Waals surface area (Å²) in [6, 6.07) is 11.1. The largest absolute Gasteiger partial charge is 0.493 e. The molecule has 0 spiro atoms. The van der Waals surface area contributed by atoms with Crippen molar-refractivity contribution in [3.8, 4) is 5.75 Å². The molecule has 1 amide bonds. The minimum Gasteiger partial charge on any atom is -0.493 e. The summed E-state index contributed by atoms with van der Waals surface area (Å²) in [5, 5.41) is 8.83. The molecule has 0 radical (unpaired) electrons.